The van der Waals surface area contributed by atoms with E-state index in [0.29, 0.717) is 12.2 Å². The van der Waals surface area contributed by atoms with Crippen molar-refractivity contribution < 1.29 is 9.53 Å². The van der Waals surface area contributed by atoms with E-state index in [2.05, 4.69) is 6.07 Å². The highest BCUT2D eigenvalue weighted by atomic mass is 16.5. The van der Waals surface area contributed by atoms with Crippen LogP contribution in [0.3, 0.4) is 0 Å². The van der Waals surface area contributed by atoms with Crippen LogP contribution in [-0.4, -0.2) is 12.9 Å². The number of fused-ring (bicyclic) bond motifs is 2. The molecule has 1 aromatic carbocycles. The smallest absolute Gasteiger partial charge is 0.143 e. The van der Waals surface area contributed by atoms with Gasteiger partial charge in [-0.1, -0.05) is 12.1 Å². The number of Topliss-reactive ketones (excluding diaryl/α,β-unsaturated/α-hetero) is 1. The van der Waals surface area contributed by atoms with Crippen molar-refractivity contribution in [3.8, 4) is 5.75 Å². The van der Waals surface area contributed by atoms with E-state index >= 15 is 0 Å². The first-order valence-electron chi connectivity index (χ1n) is 5.47. The molecule has 0 aliphatic heterocycles. The zero-order valence-electron chi connectivity index (χ0n) is 8.88. The molecule has 78 valence electrons. The van der Waals surface area contributed by atoms with Gasteiger partial charge in [-0.05, 0) is 30.9 Å². The Bertz CT molecular complexity index is 416. The fourth-order valence-corrected chi connectivity index (χ4v) is 2.78. The molecule has 0 unspecified atom stereocenters. The molecule has 1 spiro atoms. The maximum atomic E-state index is 12.0. The summed E-state index contributed by atoms with van der Waals surface area (Å²) in [6.45, 7) is 0. The number of rotatable bonds is 1. The molecular formula is C13H14O2. The number of carbonyl (C=O) groups is 1. The van der Waals surface area contributed by atoms with Gasteiger partial charge in [0.2, 0.25) is 0 Å². The van der Waals surface area contributed by atoms with Crippen LogP contribution in [0.1, 0.15) is 30.4 Å². The van der Waals surface area contributed by atoms with E-state index in [0.717, 1.165) is 25.0 Å². The molecule has 0 saturated heterocycles. The number of ether oxygens (including phenoxy) is 1. The number of benzene rings is 1. The molecule has 0 heterocycles. The normalized spacial score (nSPS) is 21.3. The minimum atomic E-state index is -0.153. The molecule has 2 heteroatoms. The summed E-state index contributed by atoms with van der Waals surface area (Å²) >= 11 is 0. The molecule has 0 atom stereocenters. The second-order valence-corrected chi connectivity index (χ2v) is 4.50. The lowest BCUT2D eigenvalue weighted by Gasteiger charge is -2.25. The maximum absolute atomic E-state index is 12.0. The first-order chi connectivity index (χ1) is 7.28. The van der Waals surface area contributed by atoms with E-state index in [1.54, 1.807) is 7.11 Å². The monoisotopic (exact) mass is 202 g/mol. The van der Waals surface area contributed by atoms with Gasteiger partial charge in [-0.3, -0.25) is 4.79 Å². The first-order valence-corrected chi connectivity index (χ1v) is 5.47. The van der Waals surface area contributed by atoms with Crippen LogP contribution in [0.15, 0.2) is 18.2 Å². The predicted molar refractivity (Wildman–Crippen MR) is 57.2 cm³/mol. The van der Waals surface area contributed by atoms with E-state index in [-0.39, 0.29) is 5.41 Å². The molecule has 0 bridgehead atoms. The van der Waals surface area contributed by atoms with Crippen molar-refractivity contribution in [3.63, 3.8) is 0 Å². The third kappa shape index (κ3) is 1.08. The van der Waals surface area contributed by atoms with Crippen LogP contribution in [0, 0.1) is 0 Å². The highest BCUT2D eigenvalue weighted by molar-refractivity contribution is 5.96. The number of hydrogen-bond donors (Lipinski definition) is 0. The molecule has 2 aliphatic rings. The summed E-state index contributed by atoms with van der Waals surface area (Å²) in [5, 5.41) is 0. The maximum Gasteiger partial charge on any atom is 0.143 e. The Kier molecular flexibility index (Phi) is 1.70. The van der Waals surface area contributed by atoms with Crippen LogP contribution in [0.5, 0.6) is 5.75 Å². The Morgan fingerprint density at radius 1 is 1.27 bits per heavy atom. The van der Waals surface area contributed by atoms with Crippen molar-refractivity contribution in [2.75, 3.05) is 7.11 Å². The highest BCUT2D eigenvalue weighted by Gasteiger charge is 2.54. The van der Waals surface area contributed by atoms with Crippen LogP contribution < -0.4 is 4.74 Å². The fraction of sp³-hybridized carbons (Fsp3) is 0.462. The van der Waals surface area contributed by atoms with E-state index < -0.39 is 0 Å². The van der Waals surface area contributed by atoms with Gasteiger partial charge in [-0.2, -0.15) is 0 Å². The standard InChI is InChI=1S/C13H14O2/c1-15-10-4-2-3-9-5-6-11(14)13(7-8-13)12(9)10/h2-4H,5-8H2,1H3. The van der Waals surface area contributed by atoms with E-state index in [9.17, 15) is 4.79 Å². The van der Waals surface area contributed by atoms with Gasteiger partial charge < -0.3 is 4.74 Å². The zero-order valence-corrected chi connectivity index (χ0v) is 8.88. The molecular weight excluding hydrogens is 188 g/mol. The Morgan fingerprint density at radius 2 is 2.07 bits per heavy atom. The van der Waals surface area contributed by atoms with Crippen LogP contribution in [0.25, 0.3) is 0 Å². The molecule has 0 radical (unpaired) electrons. The number of aryl methyl sites for hydroxylation is 1. The van der Waals surface area contributed by atoms with Gasteiger partial charge in [0.05, 0.1) is 12.5 Å². The van der Waals surface area contributed by atoms with Crippen LogP contribution >= 0.6 is 0 Å². The van der Waals surface area contributed by atoms with Crippen LogP contribution in [0.2, 0.25) is 0 Å². The van der Waals surface area contributed by atoms with Gasteiger partial charge in [0.25, 0.3) is 0 Å². The first kappa shape index (κ1) is 8.96. The van der Waals surface area contributed by atoms with Crippen molar-refractivity contribution in [3.05, 3.63) is 29.3 Å². The molecule has 0 amide bonds. The number of carbonyl (C=O) groups excluding carboxylic acids is 1. The van der Waals surface area contributed by atoms with E-state index in [4.69, 9.17) is 4.74 Å². The van der Waals surface area contributed by atoms with Crippen LogP contribution in [0.4, 0.5) is 0 Å². The number of methoxy groups -OCH3 is 1. The lowest BCUT2D eigenvalue weighted by Crippen LogP contribution is -2.27. The van der Waals surface area contributed by atoms with Gasteiger partial charge in [-0.25, -0.2) is 0 Å². The minimum Gasteiger partial charge on any atom is -0.496 e. The summed E-state index contributed by atoms with van der Waals surface area (Å²) in [7, 11) is 1.69. The van der Waals surface area contributed by atoms with Gasteiger partial charge in [-0.15, -0.1) is 0 Å². The Hall–Kier alpha value is -1.31. The third-order valence-corrected chi connectivity index (χ3v) is 3.72. The van der Waals surface area contributed by atoms with Gasteiger partial charge in [0, 0.05) is 12.0 Å². The number of hydrogen-bond acceptors (Lipinski definition) is 2. The Labute approximate surface area is 89.2 Å². The van der Waals surface area contributed by atoms with Crippen molar-refractivity contribution >= 4 is 5.78 Å². The molecule has 0 N–H and O–H groups in total. The summed E-state index contributed by atoms with van der Waals surface area (Å²) < 4.78 is 5.38. The van der Waals surface area contributed by atoms with Crippen molar-refractivity contribution in [2.45, 2.75) is 31.1 Å². The summed E-state index contributed by atoms with van der Waals surface area (Å²) in [6.07, 6.45) is 3.62. The second-order valence-electron chi connectivity index (χ2n) is 4.50. The average Bonchev–Trinajstić information content (AvgIpc) is 3.05. The Morgan fingerprint density at radius 3 is 2.73 bits per heavy atom. The van der Waals surface area contributed by atoms with E-state index in [1.165, 1.54) is 11.1 Å². The predicted octanol–water partition coefficient (Wildman–Crippen LogP) is 2.24. The zero-order chi connectivity index (χ0) is 10.5. The summed E-state index contributed by atoms with van der Waals surface area (Å²) in [4.78, 5) is 12.0. The lowest BCUT2D eigenvalue weighted by molar-refractivity contribution is -0.122. The summed E-state index contributed by atoms with van der Waals surface area (Å²) in [5.74, 6) is 1.32. The SMILES string of the molecule is COc1cccc2c1C1(CC1)C(=O)CC2. The summed E-state index contributed by atoms with van der Waals surface area (Å²) in [5.41, 5.74) is 2.34. The van der Waals surface area contributed by atoms with Gasteiger partial charge in [0.1, 0.15) is 11.5 Å². The quantitative estimate of drug-likeness (QED) is 0.698. The molecule has 15 heavy (non-hydrogen) atoms. The van der Waals surface area contributed by atoms with E-state index in [1.807, 2.05) is 12.1 Å². The summed E-state index contributed by atoms with van der Waals surface area (Å²) in [6, 6.07) is 6.12. The highest BCUT2D eigenvalue weighted by Crippen LogP contribution is 2.56. The lowest BCUT2D eigenvalue weighted by atomic mass is 9.78. The average molecular weight is 202 g/mol. The fourth-order valence-electron chi connectivity index (χ4n) is 2.78. The minimum absolute atomic E-state index is 0.153. The van der Waals surface area contributed by atoms with Gasteiger partial charge in [0.15, 0.2) is 0 Å². The second kappa shape index (κ2) is 2.84. The number of ketones is 1. The van der Waals surface area contributed by atoms with Crippen molar-refractivity contribution in [2.24, 2.45) is 0 Å². The molecule has 1 fully saturated rings. The van der Waals surface area contributed by atoms with Crippen molar-refractivity contribution in [1.29, 1.82) is 0 Å². The Balaban J connectivity index is 2.22. The molecule has 1 aromatic rings. The van der Waals surface area contributed by atoms with Crippen LogP contribution in [-0.2, 0) is 16.6 Å². The largest absolute Gasteiger partial charge is 0.496 e. The third-order valence-electron chi connectivity index (χ3n) is 3.72. The van der Waals surface area contributed by atoms with Gasteiger partial charge >= 0.3 is 0 Å². The molecule has 1 saturated carbocycles. The topological polar surface area (TPSA) is 26.3 Å². The molecule has 2 aliphatic carbocycles. The molecule has 3 rings (SSSR count). The molecule has 2 nitrogen and oxygen atoms in total. The molecule has 0 aromatic heterocycles. The van der Waals surface area contributed by atoms with Crippen molar-refractivity contribution in [1.82, 2.24) is 0 Å².